The second-order valence-corrected chi connectivity index (χ2v) is 7.49. The number of guanidine groups is 1. The monoisotopic (exact) mass is 522 g/mol. The van der Waals surface area contributed by atoms with E-state index in [9.17, 15) is 0 Å². The summed E-state index contributed by atoms with van der Waals surface area (Å²) in [6.07, 6.45) is 2.99. The molecule has 0 atom stereocenters. The Balaban J connectivity index is 0.00000320. The Morgan fingerprint density at radius 1 is 1.00 bits per heavy atom. The van der Waals surface area contributed by atoms with E-state index in [0.29, 0.717) is 6.54 Å². The summed E-state index contributed by atoms with van der Waals surface area (Å²) in [7, 11) is 2.17. The molecule has 0 amide bonds. The molecule has 1 fully saturated rings. The topological polar surface area (TPSA) is 55.8 Å². The Labute approximate surface area is 198 Å². The summed E-state index contributed by atoms with van der Waals surface area (Å²) in [6.45, 7) is 10.8. The number of hydrogen-bond acceptors (Lipinski definition) is 4. The van der Waals surface area contributed by atoms with Crippen LogP contribution >= 0.6 is 24.0 Å². The molecule has 7 heteroatoms. The number of likely N-dealkylation sites (N-methyl/N-ethyl adjacent to an activating group) is 1. The minimum atomic E-state index is 0. The van der Waals surface area contributed by atoms with Crippen LogP contribution in [0.3, 0.4) is 0 Å². The molecule has 2 aromatic rings. The maximum absolute atomic E-state index is 4.74. The van der Waals surface area contributed by atoms with Crippen molar-refractivity contribution >= 4 is 35.8 Å². The average Bonchev–Trinajstić information content (AvgIpc) is 2.77. The number of piperazine rings is 1. The number of aromatic nitrogens is 1. The van der Waals surface area contributed by atoms with Gasteiger partial charge in [-0.1, -0.05) is 37.3 Å². The molecule has 3 rings (SSSR count). The molecule has 0 radical (unpaired) electrons. The number of rotatable bonds is 7. The Kier molecular flexibility index (Phi) is 10.4. The van der Waals surface area contributed by atoms with E-state index >= 15 is 0 Å². The molecule has 164 valence electrons. The molecule has 0 bridgehead atoms. The van der Waals surface area contributed by atoms with Crippen molar-refractivity contribution in [3.05, 3.63) is 59.3 Å². The van der Waals surface area contributed by atoms with Gasteiger partial charge in [0.2, 0.25) is 0 Å². The van der Waals surface area contributed by atoms with Crippen LogP contribution in [0.25, 0.3) is 0 Å². The summed E-state index contributed by atoms with van der Waals surface area (Å²) >= 11 is 0. The second-order valence-electron chi connectivity index (χ2n) is 7.49. The Morgan fingerprint density at radius 2 is 1.73 bits per heavy atom. The summed E-state index contributed by atoms with van der Waals surface area (Å²) in [6, 6.07) is 12.8. The highest BCUT2D eigenvalue weighted by Crippen LogP contribution is 2.14. The Morgan fingerprint density at radius 3 is 2.37 bits per heavy atom. The third-order valence-corrected chi connectivity index (χ3v) is 5.35. The lowest BCUT2D eigenvalue weighted by molar-refractivity contribution is 0.312. The molecule has 2 heterocycles. The predicted molar refractivity (Wildman–Crippen MR) is 137 cm³/mol. The molecule has 1 aromatic carbocycles. The van der Waals surface area contributed by atoms with Gasteiger partial charge in [-0.3, -0.25) is 0 Å². The number of anilines is 1. The highest BCUT2D eigenvalue weighted by Gasteiger charge is 2.14. The van der Waals surface area contributed by atoms with E-state index in [1.165, 1.54) is 11.1 Å². The molecule has 6 nitrogen and oxygen atoms in total. The molecule has 2 N–H and O–H groups in total. The van der Waals surface area contributed by atoms with Crippen molar-refractivity contribution in [3.63, 3.8) is 0 Å². The van der Waals surface area contributed by atoms with Gasteiger partial charge >= 0.3 is 0 Å². The second kappa shape index (κ2) is 12.7. The summed E-state index contributed by atoms with van der Waals surface area (Å²) < 4.78 is 0. The van der Waals surface area contributed by atoms with E-state index in [-0.39, 0.29) is 24.0 Å². The van der Waals surface area contributed by atoms with Crippen LogP contribution in [0.1, 0.15) is 30.5 Å². The lowest BCUT2D eigenvalue weighted by Crippen LogP contribution is -2.44. The van der Waals surface area contributed by atoms with Crippen LogP contribution in [0.5, 0.6) is 0 Å². The van der Waals surface area contributed by atoms with Gasteiger partial charge in [0, 0.05) is 45.5 Å². The van der Waals surface area contributed by atoms with Crippen molar-refractivity contribution in [3.8, 4) is 0 Å². The van der Waals surface area contributed by atoms with Crippen LogP contribution in [-0.2, 0) is 19.5 Å². The van der Waals surface area contributed by atoms with Gasteiger partial charge in [-0.25, -0.2) is 9.98 Å². The lowest BCUT2D eigenvalue weighted by Gasteiger charge is -2.33. The van der Waals surface area contributed by atoms with E-state index in [1.54, 1.807) is 0 Å². The molecule has 1 aliphatic heterocycles. The number of aryl methyl sites for hydroxylation is 1. The zero-order valence-corrected chi connectivity index (χ0v) is 20.7. The van der Waals surface area contributed by atoms with Crippen molar-refractivity contribution in [2.75, 3.05) is 44.7 Å². The van der Waals surface area contributed by atoms with Crippen molar-refractivity contribution in [1.29, 1.82) is 0 Å². The van der Waals surface area contributed by atoms with Crippen molar-refractivity contribution in [2.45, 2.75) is 33.4 Å². The number of hydrogen-bond donors (Lipinski definition) is 2. The van der Waals surface area contributed by atoms with Gasteiger partial charge in [-0.15, -0.1) is 24.0 Å². The van der Waals surface area contributed by atoms with Crippen LogP contribution in [0.2, 0.25) is 0 Å². The zero-order valence-electron chi connectivity index (χ0n) is 18.4. The van der Waals surface area contributed by atoms with Gasteiger partial charge in [0.05, 0.1) is 6.54 Å². The molecule has 30 heavy (non-hydrogen) atoms. The number of halogens is 1. The predicted octanol–water partition coefficient (Wildman–Crippen LogP) is 3.27. The maximum Gasteiger partial charge on any atom is 0.191 e. The summed E-state index contributed by atoms with van der Waals surface area (Å²) in [5.74, 6) is 1.90. The molecular formula is C23H35IN6. The van der Waals surface area contributed by atoms with Gasteiger partial charge in [0.1, 0.15) is 5.82 Å². The number of aliphatic imine (C=N–C) groups is 1. The van der Waals surface area contributed by atoms with E-state index in [0.717, 1.165) is 63.0 Å². The molecule has 0 unspecified atom stereocenters. The molecule has 1 saturated heterocycles. The Bertz CT molecular complexity index is 785. The summed E-state index contributed by atoms with van der Waals surface area (Å²) in [5, 5.41) is 6.79. The largest absolute Gasteiger partial charge is 0.357 e. The van der Waals surface area contributed by atoms with Gasteiger partial charge < -0.3 is 20.4 Å². The highest BCUT2D eigenvalue weighted by molar-refractivity contribution is 14.0. The minimum absolute atomic E-state index is 0. The molecule has 0 spiro atoms. The molecule has 1 aromatic heterocycles. The fourth-order valence-corrected chi connectivity index (χ4v) is 3.50. The van der Waals surface area contributed by atoms with E-state index in [2.05, 4.69) is 82.7 Å². The molecule has 1 aliphatic rings. The first-order valence-corrected chi connectivity index (χ1v) is 10.7. The van der Waals surface area contributed by atoms with Crippen LogP contribution in [-0.4, -0.2) is 55.6 Å². The van der Waals surface area contributed by atoms with E-state index < -0.39 is 0 Å². The number of pyridine rings is 1. The quantitative estimate of drug-likeness (QED) is 0.332. The van der Waals surface area contributed by atoms with Crippen LogP contribution in [0.15, 0.2) is 47.6 Å². The van der Waals surface area contributed by atoms with Gasteiger partial charge in [0.15, 0.2) is 5.96 Å². The smallest absolute Gasteiger partial charge is 0.191 e. The third kappa shape index (κ3) is 7.12. The van der Waals surface area contributed by atoms with Crippen LogP contribution in [0.4, 0.5) is 5.82 Å². The van der Waals surface area contributed by atoms with E-state index in [1.807, 2.05) is 6.20 Å². The number of benzene rings is 1. The lowest BCUT2D eigenvalue weighted by atomic mass is 10.1. The minimum Gasteiger partial charge on any atom is -0.357 e. The van der Waals surface area contributed by atoms with Gasteiger partial charge in [-0.05, 0) is 43.1 Å². The first kappa shape index (κ1) is 24.4. The maximum atomic E-state index is 4.74. The number of nitrogens with zero attached hydrogens (tertiary/aromatic N) is 4. The molecule has 0 saturated carbocycles. The molecule has 0 aliphatic carbocycles. The van der Waals surface area contributed by atoms with Gasteiger partial charge in [0.25, 0.3) is 0 Å². The SMILES string of the molecule is CCNC(=NCc1ccc(N2CCN(C)CC2)nc1)NCc1ccccc1CC.I. The fraction of sp³-hybridized carbons (Fsp3) is 0.478. The molecular weight excluding hydrogens is 487 g/mol. The highest BCUT2D eigenvalue weighted by atomic mass is 127. The normalized spacial score (nSPS) is 14.9. The Hall–Kier alpha value is -1.87. The van der Waals surface area contributed by atoms with Crippen molar-refractivity contribution < 1.29 is 0 Å². The fourth-order valence-electron chi connectivity index (χ4n) is 3.50. The van der Waals surface area contributed by atoms with Gasteiger partial charge in [-0.2, -0.15) is 0 Å². The van der Waals surface area contributed by atoms with Crippen LogP contribution in [0, 0.1) is 0 Å². The first-order valence-electron chi connectivity index (χ1n) is 10.7. The van der Waals surface area contributed by atoms with Crippen molar-refractivity contribution in [2.24, 2.45) is 4.99 Å². The number of nitrogens with one attached hydrogen (secondary N) is 2. The standard InChI is InChI=1S/C23H34N6.HI/c1-4-20-8-6-7-9-21(20)18-27-23(24-5-2)26-17-19-10-11-22(25-16-19)29-14-12-28(3)13-15-29;/h6-11,16H,4-5,12-15,17-18H2,1-3H3,(H2,24,26,27);1H. The summed E-state index contributed by atoms with van der Waals surface area (Å²) in [4.78, 5) is 14.1. The summed E-state index contributed by atoms with van der Waals surface area (Å²) in [5.41, 5.74) is 3.81. The average molecular weight is 522 g/mol. The first-order chi connectivity index (χ1) is 14.2. The van der Waals surface area contributed by atoms with E-state index in [4.69, 9.17) is 4.99 Å². The van der Waals surface area contributed by atoms with Crippen LogP contribution < -0.4 is 15.5 Å². The third-order valence-electron chi connectivity index (χ3n) is 5.35. The zero-order chi connectivity index (χ0) is 20.5. The van der Waals surface area contributed by atoms with Crippen molar-refractivity contribution in [1.82, 2.24) is 20.5 Å².